The van der Waals surface area contributed by atoms with Crippen LogP contribution in [0, 0.1) is 0 Å². The summed E-state index contributed by atoms with van der Waals surface area (Å²) in [6.45, 7) is 12.7. The molecule has 5 heteroatoms. The molecule has 0 spiro atoms. The van der Waals surface area contributed by atoms with Crippen LogP contribution in [0.4, 0.5) is 0 Å². The fourth-order valence-corrected chi connectivity index (χ4v) is 4.55. The van der Waals surface area contributed by atoms with Crippen molar-refractivity contribution in [2.45, 2.75) is 71.4 Å². The molecule has 170 valence electrons. The van der Waals surface area contributed by atoms with E-state index in [1.54, 1.807) is 0 Å². The van der Waals surface area contributed by atoms with Gasteiger partial charge >= 0.3 is 0 Å². The zero-order valence-corrected chi connectivity index (χ0v) is 20.0. The molecule has 0 N–H and O–H groups in total. The maximum Gasteiger partial charge on any atom is 0.223 e. The first-order valence-electron chi connectivity index (χ1n) is 11.8. The minimum Gasteiger partial charge on any atom is -0.492 e. The zero-order valence-electron chi connectivity index (χ0n) is 20.0. The van der Waals surface area contributed by atoms with Gasteiger partial charge in [-0.1, -0.05) is 38.1 Å². The molecule has 1 aliphatic rings. The summed E-state index contributed by atoms with van der Waals surface area (Å²) in [7, 11) is 0. The Morgan fingerprint density at radius 2 is 1.84 bits per heavy atom. The molecule has 1 amide bonds. The first-order valence-corrected chi connectivity index (χ1v) is 11.8. The Bertz CT molecular complexity index is 1080. The Balaban J connectivity index is 1.52. The van der Waals surface area contributed by atoms with Crippen molar-refractivity contribution in [2.24, 2.45) is 0 Å². The third kappa shape index (κ3) is 4.52. The average molecular weight is 434 g/mol. The van der Waals surface area contributed by atoms with Crippen molar-refractivity contribution in [3.63, 3.8) is 0 Å². The maximum atomic E-state index is 12.7. The number of carbonyl (C=O) groups is 1. The number of likely N-dealkylation sites (tertiary alicyclic amines) is 1. The number of imidazole rings is 1. The molecular formula is C27H35N3O2. The van der Waals surface area contributed by atoms with E-state index in [1.807, 2.05) is 23.1 Å². The highest BCUT2D eigenvalue weighted by atomic mass is 16.5. The predicted molar refractivity (Wildman–Crippen MR) is 129 cm³/mol. The number of ether oxygens (including phenoxy) is 1. The minimum absolute atomic E-state index is 0.101. The summed E-state index contributed by atoms with van der Waals surface area (Å²) in [6, 6.07) is 16.6. The number of hydrogen-bond acceptors (Lipinski definition) is 3. The fraction of sp³-hybridized carbons (Fsp3) is 0.481. The van der Waals surface area contributed by atoms with Crippen molar-refractivity contribution in [1.29, 1.82) is 0 Å². The molecule has 5 nitrogen and oxygen atoms in total. The van der Waals surface area contributed by atoms with Crippen LogP contribution in [0.2, 0.25) is 0 Å². The molecule has 4 rings (SSSR count). The smallest absolute Gasteiger partial charge is 0.223 e. The van der Waals surface area contributed by atoms with Gasteiger partial charge in [-0.25, -0.2) is 4.98 Å². The molecule has 2 unspecified atom stereocenters. The van der Waals surface area contributed by atoms with Crippen LogP contribution in [-0.4, -0.2) is 39.0 Å². The Labute approximate surface area is 191 Å². The van der Waals surface area contributed by atoms with Crippen molar-refractivity contribution in [1.82, 2.24) is 14.5 Å². The van der Waals surface area contributed by atoms with Gasteiger partial charge in [0.25, 0.3) is 0 Å². The van der Waals surface area contributed by atoms with Crippen molar-refractivity contribution in [3.8, 4) is 5.75 Å². The van der Waals surface area contributed by atoms with E-state index >= 15 is 0 Å². The number of rotatable bonds is 7. The standard InChI is InChI=1S/C27H35N3O2/c1-6-19(2)20-11-13-22(14-12-20)32-16-15-29-24-10-8-7-9-23(24)28-26(29)21-17-25(31)30(18-21)27(3,4)5/h7-14,19,21H,6,15-18H2,1-5H3. The summed E-state index contributed by atoms with van der Waals surface area (Å²) in [4.78, 5) is 19.6. The van der Waals surface area contributed by atoms with Gasteiger partial charge in [-0.2, -0.15) is 0 Å². The summed E-state index contributed by atoms with van der Waals surface area (Å²) < 4.78 is 8.33. The van der Waals surface area contributed by atoms with Crippen LogP contribution in [0.3, 0.4) is 0 Å². The molecule has 1 fully saturated rings. The van der Waals surface area contributed by atoms with Crippen LogP contribution >= 0.6 is 0 Å². The number of amides is 1. The molecule has 1 aliphatic heterocycles. The second kappa shape index (κ2) is 8.97. The van der Waals surface area contributed by atoms with Crippen LogP contribution in [0.15, 0.2) is 48.5 Å². The third-order valence-corrected chi connectivity index (χ3v) is 6.63. The molecule has 2 heterocycles. The fourth-order valence-electron chi connectivity index (χ4n) is 4.55. The van der Waals surface area contributed by atoms with Gasteiger partial charge in [-0.3, -0.25) is 4.79 Å². The molecule has 0 saturated carbocycles. The maximum absolute atomic E-state index is 12.7. The Morgan fingerprint density at radius 3 is 2.50 bits per heavy atom. The van der Waals surface area contributed by atoms with Crippen molar-refractivity contribution in [3.05, 3.63) is 59.9 Å². The topological polar surface area (TPSA) is 47.4 Å². The predicted octanol–water partition coefficient (Wildman–Crippen LogP) is 5.74. The highest BCUT2D eigenvalue weighted by Crippen LogP contribution is 2.34. The number of nitrogens with zero attached hydrogens (tertiary/aromatic N) is 3. The molecule has 2 atom stereocenters. The third-order valence-electron chi connectivity index (χ3n) is 6.63. The van der Waals surface area contributed by atoms with Crippen LogP contribution < -0.4 is 4.74 Å². The van der Waals surface area contributed by atoms with Crippen LogP contribution in [0.1, 0.15) is 70.7 Å². The first-order chi connectivity index (χ1) is 15.3. The Kier molecular flexibility index (Phi) is 6.27. The van der Waals surface area contributed by atoms with E-state index < -0.39 is 0 Å². The molecule has 1 saturated heterocycles. The molecular weight excluding hydrogens is 398 g/mol. The number of para-hydroxylation sites is 2. The number of aromatic nitrogens is 2. The van der Waals surface area contributed by atoms with Crippen molar-refractivity contribution < 1.29 is 9.53 Å². The molecule has 0 bridgehead atoms. The molecule has 32 heavy (non-hydrogen) atoms. The summed E-state index contributed by atoms with van der Waals surface area (Å²) in [6.07, 6.45) is 1.64. The largest absolute Gasteiger partial charge is 0.492 e. The van der Waals surface area contributed by atoms with Gasteiger partial charge in [0.05, 0.1) is 17.6 Å². The van der Waals surface area contributed by atoms with Gasteiger partial charge in [0, 0.05) is 24.4 Å². The first kappa shape index (κ1) is 22.4. The quantitative estimate of drug-likeness (QED) is 0.477. The van der Waals surface area contributed by atoms with Gasteiger partial charge < -0.3 is 14.2 Å². The molecule has 1 aromatic heterocycles. The minimum atomic E-state index is -0.173. The van der Waals surface area contributed by atoms with Crippen LogP contribution in [0.25, 0.3) is 11.0 Å². The molecule has 0 radical (unpaired) electrons. The monoisotopic (exact) mass is 433 g/mol. The van der Waals surface area contributed by atoms with Gasteiger partial charge in [-0.05, 0) is 62.9 Å². The zero-order chi connectivity index (χ0) is 22.9. The highest BCUT2D eigenvalue weighted by Gasteiger charge is 2.38. The van der Waals surface area contributed by atoms with E-state index in [-0.39, 0.29) is 17.4 Å². The second-order valence-corrected chi connectivity index (χ2v) is 9.91. The number of benzene rings is 2. The lowest BCUT2D eigenvalue weighted by Gasteiger charge is -2.32. The summed E-state index contributed by atoms with van der Waals surface area (Å²) in [5.41, 5.74) is 3.24. The number of carbonyl (C=O) groups excluding carboxylic acids is 1. The SMILES string of the molecule is CCC(C)c1ccc(OCCn2c(C3CC(=O)N(C(C)(C)C)C3)nc3ccccc32)cc1. The highest BCUT2D eigenvalue weighted by molar-refractivity contribution is 5.81. The lowest BCUT2D eigenvalue weighted by Crippen LogP contribution is -2.42. The second-order valence-electron chi connectivity index (χ2n) is 9.91. The Morgan fingerprint density at radius 1 is 1.12 bits per heavy atom. The summed E-state index contributed by atoms with van der Waals surface area (Å²) in [5.74, 6) is 2.74. The van der Waals surface area contributed by atoms with E-state index in [2.05, 4.69) is 69.5 Å². The van der Waals surface area contributed by atoms with E-state index in [1.165, 1.54) is 5.56 Å². The van der Waals surface area contributed by atoms with Crippen LogP contribution in [-0.2, 0) is 11.3 Å². The number of fused-ring (bicyclic) bond motifs is 1. The van der Waals surface area contributed by atoms with E-state index in [4.69, 9.17) is 9.72 Å². The van der Waals surface area contributed by atoms with Gasteiger partial charge in [-0.15, -0.1) is 0 Å². The Hall–Kier alpha value is -2.82. The van der Waals surface area contributed by atoms with E-state index in [0.717, 1.165) is 29.0 Å². The van der Waals surface area contributed by atoms with E-state index in [0.29, 0.717) is 32.0 Å². The average Bonchev–Trinajstić information content (AvgIpc) is 3.34. The molecule has 3 aromatic rings. The molecule has 0 aliphatic carbocycles. The lowest BCUT2D eigenvalue weighted by atomic mass is 9.99. The normalized spacial score (nSPS) is 17.8. The molecule has 2 aromatic carbocycles. The van der Waals surface area contributed by atoms with Gasteiger partial charge in [0.1, 0.15) is 18.2 Å². The van der Waals surface area contributed by atoms with E-state index in [9.17, 15) is 4.79 Å². The van der Waals surface area contributed by atoms with Crippen molar-refractivity contribution in [2.75, 3.05) is 13.2 Å². The number of hydrogen-bond donors (Lipinski definition) is 0. The van der Waals surface area contributed by atoms with Gasteiger partial charge in [0.15, 0.2) is 0 Å². The summed E-state index contributed by atoms with van der Waals surface area (Å²) >= 11 is 0. The summed E-state index contributed by atoms with van der Waals surface area (Å²) in [5, 5.41) is 0. The van der Waals surface area contributed by atoms with Crippen molar-refractivity contribution >= 4 is 16.9 Å². The lowest BCUT2D eigenvalue weighted by molar-refractivity contribution is -0.131. The van der Waals surface area contributed by atoms with Crippen LogP contribution in [0.5, 0.6) is 5.75 Å². The van der Waals surface area contributed by atoms with Gasteiger partial charge in [0.2, 0.25) is 5.91 Å².